The Morgan fingerprint density at radius 1 is 0.270 bits per heavy atom. The first kappa shape index (κ1) is 95.1. The fraction of sp³-hybridized carbons (Fsp3) is 0.508. The van der Waals surface area contributed by atoms with Gasteiger partial charge in [-0.25, -0.2) is 0 Å². The Hall–Kier alpha value is -10.8. The van der Waals surface area contributed by atoms with E-state index in [1.807, 2.05) is 12.1 Å². The lowest BCUT2D eigenvalue weighted by Gasteiger charge is -2.44. The number of H-pyrrole nitrogens is 5. The lowest BCUT2D eigenvalue weighted by Crippen LogP contribution is -2.41. The lowest BCUT2D eigenvalue weighted by molar-refractivity contribution is -0.119. The molecule has 3 fully saturated rings. The number of hydrogen-bond acceptors (Lipinski definition) is 10. The van der Waals surface area contributed by atoms with E-state index in [0.29, 0.717) is 90.6 Å². The molecule has 15 nitrogen and oxygen atoms in total. The van der Waals surface area contributed by atoms with Crippen molar-refractivity contribution in [2.45, 2.75) is 368 Å². The zero-order valence-electron chi connectivity index (χ0n) is 85.4. The first-order valence-corrected chi connectivity index (χ1v) is 52.2. The average Bonchev–Trinajstić information content (AvgIpc) is 1.62. The van der Waals surface area contributed by atoms with Gasteiger partial charge in [0, 0.05) is 199 Å². The quantitative estimate of drug-likeness (QED) is 0.0822. The van der Waals surface area contributed by atoms with Gasteiger partial charge in [0.25, 0.3) is 0 Å². The number of nitrogens with zero attached hydrogens (tertiary/aromatic N) is 5. The second kappa shape index (κ2) is 35.8. The minimum atomic E-state index is -0.427. The van der Waals surface area contributed by atoms with Crippen LogP contribution in [-0.4, -0.2) is 79.9 Å². The molecule has 5 aromatic carbocycles. The van der Waals surface area contributed by atoms with Crippen LogP contribution in [0.5, 0.6) is 0 Å². The van der Waals surface area contributed by atoms with E-state index in [1.165, 1.54) is 206 Å². The molecular weight excluding hydrogens is 1690 g/mol. The van der Waals surface area contributed by atoms with Crippen molar-refractivity contribution in [3.8, 4) is 0 Å². The Morgan fingerprint density at radius 3 is 0.686 bits per heavy atom. The maximum Gasteiger partial charge on any atom is 0.160 e. The molecular formula is C122H148N10O5. The van der Waals surface area contributed by atoms with E-state index in [9.17, 15) is 24.0 Å². The third-order valence-corrected chi connectivity index (χ3v) is 34.7. The first-order valence-electron chi connectivity index (χ1n) is 52.2. The second-order valence-corrected chi connectivity index (χ2v) is 48.7. The number of rotatable bonds is 11. The van der Waals surface area contributed by atoms with Crippen molar-refractivity contribution in [3.63, 3.8) is 0 Å². The number of carbonyl (C=O) groups is 5. The Morgan fingerprint density at radius 2 is 0.467 bits per heavy atom. The molecule has 0 saturated heterocycles. The molecule has 0 amide bonds. The van der Waals surface area contributed by atoms with E-state index < -0.39 is 27.1 Å². The standard InChI is InChI=1S/3C25H30N2O.C24H30N2O.C23H28N2O/c3*1-24(2)14-17-13-19-22(23(27-26-19)16-9-7-8-10-16)25(3,21(17)20(28)15-24)18-11-5-4-6-12-18;1-6-15(2)22-21-18(25-26-22)12-16-13-23(3,4)14-19(27)20(16)24(21,5)17-10-8-7-9-11-17;1-14(2)21-20-17(24-25-21)11-15-12-22(3,4)13-18(26)19(15)23(20,5)16-9-7-6-8-10-16/h3*4-6,11-12,16H,7-10,13-15H2,1-3H3,(H,26,27);7-11,15H,6,12-14H2,1-5H3,(H,25,26);6-10,14H,11-13H2,1-5H3,(H,24,25)/t2*25-;;;23-/m10..0/s1. The highest BCUT2D eigenvalue weighted by molar-refractivity contribution is 6.05. The predicted molar refractivity (Wildman–Crippen MR) is 548 cm³/mol. The molecule has 0 bridgehead atoms. The highest BCUT2D eigenvalue weighted by Crippen LogP contribution is 2.62. The number of fused-ring (bicyclic) bond motifs is 5. The van der Waals surface area contributed by atoms with Crippen molar-refractivity contribution >= 4 is 28.9 Å². The van der Waals surface area contributed by atoms with Crippen LogP contribution in [0.3, 0.4) is 0 Å². The Labute approximate surface area is 813 Å². The van der Waals surface area contributed by atoms with Crippen LogP contribution in [0.4, 0.5) is 0 Å². The van der Waals surface area contributed by atoms with E-state index >= 15 is 0 Å². The number of allylic oxidation sites excluding steroid dienone is 10. The molecule has 15 heteroatoms. The molecule has 137 heavy (non-hydrogen) atoms. The predicted octanol–water partition coefficient (Wildman–Crippen LogP) is 27.4. The molecule has 13 aliphatic rings. The summed E-state index contributed by atoms with van der Waals surface area (Å²) in [4.78, 5) is 67.3. The Bertz CT molecular complexity index is 6140. The van der Waals surface area contributed by atoms with E-state index in [-0.39, 0.29) is 27.1 Å². The number of aromatic amines is 5. The van der Waals surface area contributed by atoms with Gasteiger partial charge >= 0.3 is 0 Å². The van der Waals surface area contributed by atoms with Crippen LogP contribution in [0, 0.1) is 27.1 Å². The molecule has 10 aromatic rings. The van der Waals surface area contributed by atoms with Gasteiger partial charge in [0.1, 0.15) is 0 Å². The van der Waals surface area contributed by atoms with Gasteiger partial charge in [-0.05, 0) is 172 Å². The SMILES string of the molecule is CC(C)c1n[nH]c2c1[C@@](C)(c1ccccc1)C1=C(C2)CC(C)(C)CC1=O.CC1(C)CC(=O)C2=C(Cc3[nH]nc(C4CCCC4)c3C2(C)c2ccccc2)C1.CC1(C)CC(=O)C2=C(Cc3[nH]nc(C4CCCC4)c3[C@@]2(C)c2ccccc2)C1.CC1(C)CC(=O)C2=C(Cc3[nH]nc(C4CCCC4)c3[C@]2(C)c2ccccc2)C1.CCC(C)c1n[nH]c2c1C(C)(c1ccccc1)C1=C(C2)CC(C)(C)CC1=O. The molecule has 6 atom stereocenters. The molecule has 5 aromatic heterocycles. The van der Waals surface area contributed by atoms with E-state index in [0.717, 1.165) is 110 Å². The van der Waals surface area contributed by atoms with Crippen LogP contribution in [-0.2, 0) is 83.2 Å². The van der Waals surface area contributed by atoms with Gasteiger partial charge in [-0.1, -0.05) is 315 Å². The number of nitrogens with one attached hydrogen (secondary N) is 5. The molecule has 5 heterocycles. The second-order valence-electron chi connectivity index (χ2n) is 48.7. The number of Topliss-reactive ketones (excluding diaryl/α,β-unsaturated/α-hetero) is 5. The van der Waals surface area contributed by atoms with Gasteiger partial charge < -0.3 is 0 Å². The molecule has 0 spiro atoms. The van der Waals surface area contributed by atoms with Gasteiger partial charge in [-0.15, -0.1) is 0 Å². The number of carbonyl (C=O) groups excluding carboxylic acids is 5. The summed E-state index contributed by atoms with van der Waals surface area (Å²) in [5, 5.41) is 40.9. The maximum absolute atomic E-state index is 13.5. The first-order chi connectivity index (χ1) is 65.2. The molecule has 716 valence electrons. The van der Waals surface area contributed by atoms with E-state index in [2.05, 4.69) is 302 Å². The van der Waals surface area contributed by atoms with Crippen LogP contribution in [0.25, 0.3) is 0 Å². The van der Waals surface area contributed by atoms with Crippen molar-refractivity contribution in [1.29, 1.82) is 0 Å². The topological polar surface area (TPSA) is 229 Å². The normalized spacial score (nSPS) is 26.2. The molecule has 3 unspecified atom stereocenters. The fourth-order valence-electron chi connectivity index (χ4n) is 29.0. The average molecular weight is 1830 g/mol. The zero-order valence-corrected chi connectivity index (χ0v) is 85.4. The Balaban J connectivity index is 0.000000110. The molecule has 5 N–H and O–H groups in total. The number of benzene rings is 5. The van der Waals surface area contributed by atoms with Crippen LogP contribution < -0.4 is 0 Å². The van der Waals surface area contributed by atoms with Crippen molar-refractivity contribution in [2.75, 3.05) is 0 Å². The van der Waals surface area contributed by atoms with Gasteiger partial charge in [-0.2, -0.15) is 25.5 Å². The largest absolute Gasteiger partial charge is 0.294 e. The fourth-order valence-corrected chi connectivity index (χ4v) is 29.0. The Kier molecular flexibility index (Phi) is 24.9. The van der Waals surface area contributed by atoms with Crippen molar-refractivity contribution in [1.82, 2.24) is 51.0 Å². The molecule has 0 aliphatic heterocycles. The molecule has 13 aliphatic carbocycles. The van der Waals surface area contributed by atoms with Crippen molar-refractivity contribution < 1.29 is 24.0 Å². The lowest BCUT2D eigenvalue weighted by atomic mass is 9.58. The minimum absolute atomic E-state index is 0.0323. The van der Waals surface area contributed by atoms with Crippen molar-refractivity contribution in [2.24, 2.45) is 27.1 Å². The number of ketones is 5. The summed E-state index contributed by atoms with van der Waals surface area (Å²) in [7, 11) is 0. The monoisotopic (exact) mass is 1830 g/mol. The molecule has 3 saturated carbocycles. The smallest absolute Gasteiger partial charge is 0.160 e. The molecule has 23 rings (SSSR count). The van der Waals surface area contributed by atoms with Gasteiger partial charge in [0.15, 0.2) is 28.9 Å². The summed E-state index contributed by atoms with van der Waals surface area (Å²) in [6, 6.07) is 53.0. The summed E-state index contributed by atoms with van der Waals surface area (Å²) in [6.07, 6.45) is 28.4. The van der Waals surface area contributed by atoms with Gasteiger partial charge in [-0.3, -0.25) is 49.5 Å². The summed E-state index contributed by atoms with van der Waals surface area (Å²) in [6.45, 7) is 42.3. The summed E-state index contributed by atoms with van der Waals surface area (Å²) in [5.74, 6) is 3.89. The maximum atomic E-state index is 13.5. The highest BCUT2D eigenvalue weighted by Gasteiger charge is 2.57. The van der Waals surface area contributed by atoms with Crippen LogP contribution in [0.2, 0.25) is 0 Å². The van der Waals surface area contributed by atoms with Crippen molar-refractivity contribution in [3.05, 3.63) is 320 Å². The summed E-state index contributed by atoms with van der Waals surface area (Å²) >= 11 is 0. The zero-order chi connectivity index (χ0) is 96.6. The molecule has 0 radical (unpaired) electrons. The number of hydrogen-bond donors (Lipinski definition) is 5. The van der Waals surface area contributed by atoms with E-state index in [4.69, 9.17) is 20.4 Å². The van der Waals surface area contributed by atoms with Gasteiger partial charge in [0.2, 0.25) is 0 Å². The van der Waals surface area contributed by atoms with Crippen LogP contribution >= 0.6 is 0 Å². The number of aromatic nitrogens is 10. The third kappa shape index (κ3) is 16.7. The van der Waals surface area contributed by atoms with E-state index in [1.54, 1.807) is 0 Å². The van der Waals surface area contributed by atoms with Gasteiger partial charge in [0.05, 0.1) is 28.5 Å². The summed E-state index contributed by atoms with van der Waals surface area (Å²) in [5.41, 5.74) is 34.3. The van der Waals surface area contributed by atoms with Crippen LogP contribution in [0.1, 0.15) is 421 Å². The minimum Gasteiger partial charge on any atom is -0.294 e. The highest BCUT2D eigenvalue weighted by atomic mass is 16.1. The third-order valence-electron chi connectivity index (χ3n) is 34.7. The van der Waals surface area contributed by atoms with Crippen LogP contribution in [0.15, 0.2) is 207 Å². The summed E-state index contributed by atoms with van der Waals surface area (Å²) < 4.78 is 0.